The first-order valence-corrected chi connectivity index (χ1v) is 7.40. The van der Waals surface area contributed by atoms with Crippen LogP contribution in [0.1, 0.15) is 39.0 Å². The summed E-state index contributed by atoms with van der Waals surface area (Å²) < 4.78 is 0. The zero-order valence-electron chi connectivity index (χ0n) is 12.2. The molecule has 2 saturated heterocycles. The number of nitrogens with one attached hydrogen (secondary N) is 1. The molecule has 1 N–H and O–H groups in total. The lowest BCUT2D eigenvalue weighted by atomic mass is 10.0. The number of rotatable bonds is 3. The minimum Gasteiger partial charge on any atom is -0.339 e. The molecule has 0 aromatic carbocycles. The minimum atomic E-state index is 0. The van der Waals surface area contributed by atoms with Crippen molar-refractivity contribution in [3.63, 3.8) is 0 Å². The fourth-order valence-electron chi connectivity index (χ4n) is 3.19. The van der Waals surface area contributed by atoms with Crippen molar-refractivity contribution in [3.8, 4) is 0 Å². The second kappa shape index (κ2) is 8.08. The van der Waals surface area contributed by atoms with Crippen LogP contribution in [0.25, 0.3) is 0 Å². The molecule has 0 radical (unpaired) electrons. The Morgan fingerprint density at radius 2 is 2.00 bits per heavy atom. The lowest BCUT2D eigenvalue weighted by molar-refractivity contribution is -0.136. The monoisotopic (exact) mass is 289 g/mol. The van der Waals surface area contributed by atoms with Gasteiger partial charge in [-0.3, -0.25) is 9.69 Å². The summed E-state index contributed by atoms with van der Waals surface area (Å²) in [4.78, 5) is 16.7. The molecule has 2 atom stereocenters. The van der Waals surface area contributed by atoms with E-state index in [-0.39, 0.29) is 12.4 Å². The van der Waals surface area contributed by atoms with E-state index in [2.05, 4.69) is 22.0 Å². The van der Waals surface area contributed by atoms with Crippen molar-refractivity contribution in [2.24, 2.45) is 0 Å². The van der Waals surface area contributed by atoms with Gasteiger partial charge in [0.2, 0.25) is 5.91 Å². The van der Waals surface area contributed by atoms with Crippen LogP contribution in [-0.4, -0.2) is 61.0 Å². The van der Waals surface area contributed by atoms with Gasteiger partial charge in [-0.05, 0) is 52.6 Å². The highest BCUT2D eigenvalue weighted by molar-refractivity contribution is 5.85. The Hall–Kier alpha value is -0.320. The van der Waals surface area contributed by atoms with Crippen LogP contribution in [0.4, 0.5) is 0 Å². The molecule has 19 heavy (non-hydrogen) atoms. The highest BCUT2D eigenvalue weighted by Crippen LogP contribution is 2.17. The Bertz CT molecular complexity index is 288. The average Bonchev–Trinajstić information content (AvgIpc) is 2.39. The molecule has 1 amide bonds. The number of hydrogen-bond donors (Lipinski definition) is 1. The first-order valence-electron chi connectivity index (χ1n) is 7.40. The van der Waals surface area contributed by atoms with E-state index in [1.165, 1.54) is 32.1 Å². The summed E-state index contributed by atoms with van der Waals surface area (Å²) in [6.45, 7) is 5.85. The summed E-state index contributed by atoms with van der Waals surface area (Å²) in [5.74, 6) is 0.332. The van der Waals surface area contributed by atoms with Gasteiger partial charge in [0.15, 0.2) is 0 Å². The van der Waals surface area contributed by atoms with Crippen LogP contribution >= 0.6 is 12.4 Å². The van der Waals surface area contributed by atoms with Gasteiger partial charge in [0, 0.05) is 25.2 Å². The predicted molar refractivity (Wildman–Crippen MR) is 80.8 cm³/mol. The highest BCUT2D eigenvalue weighted by atomic mass is 35.5. The first kappa shape index (κ1) is 16.7. The summed E-state index contributed by atoms with van der Waals surface area (Å²) >= 11 is 0. The van der Waals surface area contributed by atoms with Crippen LogP contribution in [0, 0.1) is 0 Å². The van der Waals surface area contributed by atoms with Crippen LogP contribution in [-0.2, 0) is 4.79 Å². The fourth-order valence-corrected chi connectivity index (χ4v) is 3.19. The third-order valence-electron chi connectivity index (χ3n) is 4.40. The first-order chi connectivity index (χ1) is 8.70. The van der Waals surface area contributed by atoms with E-state index in [1.54, 1.807) is 0 Å². The Morgan fingerprint density at radius 1 is 1.21 bits per heavy atom. The minimum absolute atomic E-state index is 0. The van der Waals surface area contributed by atoms with Crippen LogP contribution in [0.3, 0.4) is 0 Å². The van der Waals surface area contributed by atoms with Gasteiger partial charge in [0.25, 0.3) is 0 Å². The smallest absolute Gasteiger partial charge is 0.236 e. The summed E-state index contributed by atoms with van der Waals surface area (Å²) in [7, 11) is 2.02. The lowest BCUT2D eigenvalue weighted by Crippen LogP contribution is -2.51. The molecular formula is C14H28ClN3O. The summed E-state index contributed by atoms with van der Waals surface area (Å²) in [5.41, 5.74) is 0. The number of carbonyl (C=O) groups is 1. The molecule has 2 aliphatic rings. The Morgan fingerprint density at radius 3 is 2.68 bits per heavy atom. The molecule has 0 bridgehead atoms. The molecule has 2 rings (SSSR count). The molecule has 2 unspecified atom stereocenters. The molecule has 2 fully saturated rings. The molecule has 2 aliphatic heterocycles. The maximum Gasteiger partial charge on any atom is 0.236 e. The number of amides is 1. The molecule has 5 heteroatoms. The van der Waals surface area contributed by atoms with E-state index in [0.717, 1.165) is 19.6 Å². The standard InChI is InChI=1S/C14H27N3O.ClH/c1-12-6-3-4-9-17(12)14(18)11-16-8-5-7-13(10-16)15-2;/h12-13,15H,3-11H2,1-2H3;1H. The zero-order chi connectivity index (χ0) is 13.0. The molecule has 0 aromatic rings. The van der Waals surface area contributed by atoms with Gasteiger partial charge in [-0.25, -0.2) is 0 Å². The number of carbonyl (C=O) groups excluding carboxylic acids is 1. The average molecular weight is 290 g/mol. The van der Waals surface area contributed by atoms with Gasteiger partial charge in [0.1, 0.15) is 0 Å². The summed E-state index contributed by atoms with van der Waals surface area (Å²) in [6.07, 6.45) is 6.06. The Labute approximate surface area is 123 Å². The van der Waals surface area contributed by atoms with Gasteiger partial charge >= 0.3 is 0 Å². The number of piperidine rings is 2. The Kier molecular flexibility index (Phi) is 7.11. The molecule has 4 nitrogen and oxygen atoms in total. The van der Waals surface area contributed by atoms with Crippen molar-refractivity contribution in [2.45, 2.75) is 51.1 Å². The largest absolute Gasteiger partial charge is 0.339 e. The van der Waals surface area contributed by atoms with Crippen LogP contribution in [0.2, 0.25) is 0 Å². The molecular weight excluding hydrogens is 262 g/mol. The van der Waals surface area contributed by atoms with E-state index >= 15 is 0 Å². The van der Waals surface area contributed by atoms with Crippen molar-refractivity contribution in [1.29, 1.82) is 0 Å². The number of halogens is 1. The van der Waals surface area contributed by atoms with Gasteiger partial charge < -0.3 is 10.2 Å². The van der Waals surface area contributed by atoms with Gasteiger partial charge in [-0.2, -0.15) is 0 Å². The van der Waals surface area contributed by atoms with Crippen molar-refractivity contribution in [3.05, 3.63) is 0 Å². The van der Waals surface area contributed by atoms with Crippen molar-refractivity contribution >= 4 is 18.3 Å². The van der Waals surface area contributed by atoms with Gasteiger partial charge in [-0.15, -0.1) is 12.4 Å². The second-order valence-corrected chi connectivity index (χ2v) is 5.79. The fraction of sp³-hybridized carbons (Fsp3) is 0.929. The topological polar surface area (TPSA) is 35.6 Å². The predicted octanol–water partition coefficient (Wildman–Crippen LogP) is 1.49. The van der Waals surface area contributed by atoms with Crippen molar-refractivity contribution in [1.82, 2.24) is 15.1 Å². The molecule has 0 spiro atoms. The molecule has 0 aliphatic carbocycles. The number of nitrogens with zero attached hydrogens (tertiary/aromatic N) is 2. The quantitative estimate of drug-likeness (QED) is 0.855. The van der Waals surface area contributed by atoms with Crippen LogP contribution < -0.4 is 5.32 Å². The second-order valence-electron chi connectivity index (χ2n) is 5.79. The maximum atomic E-state index is 12.3. The van der Waals surface area contributed by atoms with Crippen LogP contribution in [0.15, 0.2) is 0 Å². The van der Waals surface area contributed by atoms with Crippen LogP contribution in [0.5, 0.6) is 0 Å². The van der Waals surface area contributed by atoms with E-state index < -0.39 is 0 Å². The molecule has 0 aromatic heterocycles. The third kappa shape index (κ3) is 4.62. The lowest BCUT2D eigenvalue weighted by Gasteiger charge is -2.37. The van der Waals surface area contributed by atoms with Gasteiger partial charge in [0.05, 0.1) is 6.54 Å². The van der Waals surface area contributed by atoms with Crippen molar-refractivity contribution < 1.29 is 4.79 Å². The van der Waals surface area contributed by atoms with E-state index in [9.17, 15) is 4.79 Å². The number of hydrogen-bond acceptors (Lipinski definition) is 3. The number of likely N-dealkylation sites (N-methyl/N-ethyl adjacent to an activating group) is 1. The SMILES string of the molecule is CNC1CCCN(CC(=O)N2CCCCC2C)C1.Cl. The van der Waals surface area contributed by atoms with E-state index in [4.69, 9.17) is 0 Å². The van der Waals surface area contributed by atoms with Crippen molar-refractivity contribution in [2.75, 3.05) is 33.2 Å². The summed E-state index contributed by atoms with van der Waals surface area (Å²) in [5, 5.41) is 3.33. The Balaban J connectivity index is 0.00000180. The molecule has 112 valence electrons. The van der Waals surface area contributed by atoms with E-state index in [1.807, 2.05) is 7.05 Å². The molecule has 2 heterocycles. The summed E-state index contributed by atoms with van der Waals surface area (Å²) in [6, 6.07) is 1.00. The number of likely N-dealkylation sites (tertiary alicyclic amines) is 2. The maximum absolute atomic E-state index is 12.3. The van der Waals surface area contributed by atoms with Gasteiger partial charge in [-0.1, -0.05) is 0 Å². The molecule has 0 saturated carbocycles. The zero-order valence-corrected chi connectivity index (χ0v) is 13.0. The third-order valence-corrected chi connectivity index (χ3v) is 4.40. The highest BCUT2D eigenvalue weighted by Gasteiger charge is 2.26. The normalized spacial score (nSPS) is 28.8. The van der Waals surface area contributed by atoms with E-state index in [0.29, 0.717) is 24.5 Å².